The van der Waals surface area contributed by atoms with Gasteiger partial charge < -0.3 is 5.11 Å². The van der Waals surface area contributed by atoms with Gasteiger partial charge in [-0.05, 0) is 18.3 Å². The molecule has 0 aromatic heterocycles. The van der Waals surface area contributed by atoms with E-state index in [4.69, 9.17) is 0 Å². The summed E-state index contributed by atoms with van der Waals surface area (Å²) in [5, 5.41) is 9.33. The average molecular weight is 220 g/mol. The Morgan fingerprint density at radius 3 is 2.69 bits per heavy atom. The second kappa shape index (κ2) is 3.47. The highest BCUT2D eigenvalue weighted by atomic mass is 16.4. The highest BCUT2D eigenvalue weighted by molar-refractivity contribution is 5.75. The monoisotopic (exact) mass is 220 g/mol. The third-order valence-electron chi connectivity index (χ3n) is 4.36. The molecule has 0 aromatic rings. The van der Waals surface area contributed by atoms with E-state index in [1.165, 1.54) is 5.57 Å². The van der Waals surface area contributed by atoms with Crippen LogP contribution >= 0.6 is 0 Å². The topological polar surface area (TPSA) is 37.3 Å². The Hall–Kier alpha value is -1.05. The molecule has 2 aliphatic rings. The normalized spacial score (nSPS) is 36.4. The van der Waals surface area contributed by atoms with Crippen molar-refractivity contribution in [1.29, 1.82) is 0 Å². The Morgan fingerprint density at radius 1 is 1.38 bits per heavy atom. The minimum Gasteiger partial charge on any atom is -0.481 e. The largest absolute Gasteiger partial charge is 0.481 e. The molecule has 0 amide bonds. The number of carboxylic acids is 1. The Kier molecular flexibility index (Phi) is 2.48. The number of rotatable bonds is 1. The fourth-order valence-corrected chi connectivity index (χ4v) is 3.51. The predicted octanol–water partition coefficient (Wildman–Crippen LogP) is 3.40. The van der Waals surface area contributed by atoms with E-state index in [0.717, 1.165) is 19.3 Å². The van der Waals surface area contributed by atoms with Crippen LogP contribution in [0.5, 0.6) is 0 Å². The zero-order chi connectivity index (χ0) is 12.0. The minimum atomic E-state index is -0.693. The molecule has 2 nitrogen and oxygen atoms in total. The minimum absolute atomic E-state index is 0.144. The molecule has 0 spiro atoms. The van der Waals surface area contributed by atoms with Crippen LogP contribution in [-0.4, -0.2) is 11.1 Å². The van der Waals surface area contributed by atoms with E-state index in [-0.39, 0.29) is 16.7 Å². The van der Waals surface area contributed by atoms with Crippen molar-refractivity contribution in [2.24, 2.45) is 16.7 Å². The van der Waals surface area contributed by atoms with Gasteiger partial charge in [0, 0.05) is 5.41 Å². The van der Waals surface area contributed by atoms with Crippen LogP contribution in [0, 0.1) is 16.7 Å². The van der Waals surface area contributed by atoms with Crippen LogP contribution in [0.2, 0.25) is 0 Å². The summed E-state index contributed by atoms with van der Waals surface area (Å²) >= 11 is 0. The number of hydrogen-bond donors (Lipinski definition) is 1. The van der Waals surface area contributed by atoms with Gasteiger partial charge in [0.1, 0.15) is 0 Å². The fraction of sp³-hybridized carbons (Fsp3) is 0.643. The lowest BCUT2D eigenvalue weighted by atomic mass is 9.54. The maximum Gasteiger partial charge on any atom is 0.311 e. The lowest BCUT2D eigenvalue weighted by molar-refractivity contribution is -0.143. The lowest BCUT2D eigenvalue weighted by Gasteiger charge is -2.49. The van der Waals surface area contributed by atoms with E-state index in [1.807, 2.05) is 12.2 Å². The molecule has 2 unspecified atom stereocenters. The van der Waals surface area contributed by atoms with Crippen molar-refractivity contribution in [2.45, 2.75) is 40.0 Å². The van der Waals surface area contributed by atoms with E-state index in [2.05, 4.69) is 26.8 Å². The van der Waals surface area contributed by atoms with Gasteiger partial charge in [-0.25, -0.2) is 0 Å². The smallest absolute Gasteiger partial charge is 0.311 e. The van der Waals surface area contributed by atoms with Gasteiger partial charge in [0.25, 0.3) is 0 Å². The first kappa shape index (κ1) is 11.4. The van der Waals surface area contributed by atoms with Gasteiger partial charge in [-0.3, -0.25) is 4.79 Å². The molecular formula is C14H20O2. The maximum absolute atomic E-state index is 11.3. The molecule has 0 aromatic carbocycles. The molecule has 2 aliphatic carbocycles. The van der Waals surface area contributed by atoms with Crippen LogP contribution in [0.15, 0.2) is 23.8 Å². The molecule has 0 aliphatic heterocycles. The molecular weight excluding hydrogens is 200 g/mol. The Bertz CT molecular complexity index is 376. The molecule has 88 valence electrons. The molecule has 2 heteroatoms. The Morgan fingerprint density at radius 2 is 2.06 bits per heavy atom. The van der Waals surface area contributed by atoms with Crippen LogP contribution in [0.4, 0.5) is 0 Å². The summed E-state index contributed by atoms with van der Waals surface area (Å²) in [5.74, 6) is -1.05. The third kappa shape index (κ3) is 1.51. The summed E-state index contributed by atoms with van der Waals surface area (Å²) in [5.41, 5.74) is 1.29. The summed E-state index contributed by atoms with van der Waals surface area (Å²) in [6.45, 7) is 6.57. The third-order valence-corrected chi connectivity index (χ3v) is 4.36. The van der Waals surface area contributed by atoms with E-state index in [9.17, 15) is 9.90 Å². The molecule has 16 heavy (non-hydrogen) atoms. The van der Waals surface area contributed by atoms with Gasteiger partial charge >= 0.3 is 5.97 Å². The molecule has 0 heterocycles. The van der Waals surface area contributed by atoms with Crippen LogP contribution in [0.25, 0.3) is 0 Å². The van der Waals surface area contributed by atoms with Crippen molar-refractivity contribution in [1.82, 2.24) is 0 Å². The van der Waals surface area contributed by atoms with Crippen molar-refractivity contribution >= 4 is 5.97 Å². The van der Waals surface area contributed by atoms with Gasteiger partial charge in [-0.15, -0.1) is 0 Å². The molecule has 2 atom stereocenters. The molecule has 1 fully saturated rings. The van der Waals surface area contributed by atoms with Crippen LogP contribution in [0.1, 0.15) is 40.0 Å². The van der Waals surface area contributed by atoms with Gasteiger partial charge in [-0.2, -0.15) is 0 Å². The SMILES string of the molecule is CC1(C)CCCC2(C)C1=CC=CC2C(=O)O. The van der Waals surface area contributed by atoms with Crippen LogP contribution in [-0.2, 0) is 4.79 Å². The number of fused-ring (bicyclic) bond motifs is 1. The lowest BCUT2D eigenvalue weighted by Crippen LogP contribution is -2.43. The first-order chi connectivity index (χ1) is 7.38. The number of aliphatic carboxylic acids is 1. The van der Waals surface area contributed by atoms with Gasteiger partial charge in [0.2, 0.25) is 0 Å². The standard InChI is InChI=1S/C14H20O2/c1-13(2)8-5-9-14(3)10(12(15)16)6-4-7-11(13)14/h4,6-7,10H,5,8-9H2,1-3H3,(H,15,16). The zero-order valence-electron chi connectivity index (χ0n) is 10.3. The first-order valence-electron chi connectivity index (χ1n) is 6.00. The average Bonchev–Trinajstić information content (AvgIpc) is 2.15. The van der Waals surface area contributed by atoms with Gasteiger partial charge in [0.15, 0.2) is 0 Å². The van der Waals surface area contributed by atoms with E-state index < -0.39 is 5.97 Å². The summed E-state index contributed by atoms with van der Waals surface area (Å²) < 4.78 is 0. The number of carboxylic acid groups (broad SMARTS) is 1. The number of allylic oxidation sites excluding steroid dienone is 3. The molecule has 0 saturated heterocycles. The highest BCUT2D eigenvalue weighted by Crippen LogP contribution is 2.55. The van der Waals surface area contributed by atoms with Gasteiger partial charge in [0.05, 0.1) is 5.92 Å². The first-order valence-corrected chi connectivity index (χ1v) is 6.00. The number of hydrogen-bond acceptors (Lipinski definition) is 1. The zero-order valence-corrected chi connectivity index (χ0v) is 10.3. The number of carbonyl (C=O) groups is 1. The van der Waals surface area contributed by atoms with E-state index >= 15 is 0 Å². The summed E-state index contributed by atoms with van der Waals surface area (Å²) in [7, 11) is 0. The molecule has 1 N–H and O–H groups in total. The molecule has 1 saturated carbocycles. The molecule has 0 radical (unpaired) electrons. The van der Waals surface area contributed by atoms with Crippen molar-refractivity contribution in [2.75, 3.05) is 0 Å². The Balaban J connectivity index is 2.46. The van der Waals surface area contributed by atoms with Crippen LogP contribution in [0.3, 0.4) is 0 Å². The fourth-order valence-electron chi connectivity index (χ4n) is 3.51. The summed E-state index contributed by atoms with van der Waals surface area (Å²) in [4.78, 5) is 11.3. The van der Waals surface area contributed by atoms with E-state index in [1.54, 1.807) is 0 Å². The van der Waals surface area contributed by atoms with Gasteiger partial charge in [-0.1, -0.05) is 51.0 Å². The van der Waals surface area contributed by atoms with E-state index in [0.29, 0.717) is 0 Å². The second-order valence-corrected chi connectivity index (χ2v) is 5.94. The summed E-state index contributed by atoms with van der Waals surface area (Å²) in [6.07, 6.45) is 9.17. The predicted molar refractivity (Wildman–Crippen MR) is 64.1 cm³/mol. The highest BCUT2D eigenvalue weighted by Gasteiger charge is 2.48. The second-order valence-electron chi connectivity index (χ2n) is 5.94. The quantitative estimate of drug-likeness (QED) is 0.735. The van der Waals surface area contributed by atoms with Crippen molar-refractivity contribution in [3.63, 3.8) is 0 Å². The van der Waals surface area contributed by atoms with Crippen LogP contribution < -0.4 is 0 Å². The summed E-state index contributed by atoms with van der Waals surface area (Å²) in [6, 6.07) is 0. The van der Waals surface area contributed by atoms with Crippen molar-refractivity contribution in [3.05, 3.63) is 23.8 Å². The van der Waals surface area contributed by atoms with Crippen molar-refractivity contribution < 1.29 is 9.90 Å². The maximum atomic E-state index is 11.3. The molecule has 2 rings (SSSR count). The Labute approximate surface area is 97.0 Å². The van der Waals surface area contributed by atoms with Crippen molar-refractivity contribution in [3.8, 4) is 0 Å². The molecule has 0 bridgehead atoms.